The maximum atomic E-state index is 13.9. The van der Waals surface area contributed by atoms with Gasteiger partial charge in [-0.2, -0.15) is 18.3 Å². The summed E-state index contributed by atoms with van der Waals surface area (Å²) < 4.78 is 41.6. The first-order chi connectivity index (χ1) is 19.3. The van der Waals surface area contributed by atoms with Gasteiger partial charge in [0.2, 0.25) is 0 Å². The van der Waals surface area contributed by atoms with Gasteiger partial charge in [0, 0.05) is 61.2 Å². The molecule has 1 saturated heterocycles. The van der Waals surface area contributed by atoms with Crippen LogP contribution in [0.2, 0.25) is 0 Å². The molecule has 7 nitrogen and oxygen atoms in total. The van der Waals surface area contributed by atoms with Gasteiger partial charge in [-0.15, -0.1) is 0 Å². The predicted molar refractivity (Wildman–Crippen MR) is 150 cm³/mol. The van der Waals surface area contributed by atoms with Crippen LogP contribution >= 0.6 is 0 Å². The number of hydrogen-bond donors (Lipinski definition) is 3. The molecule has 0 spiro atoms. The zero-order valence-corrected chi connectivity index (χ0v) is 21.7. The normalized spacial score (nSPS) is 14.0. The Bertz CT molecular complexity index is 1480. The first kappa shape index (κ1) is 27.1. The zero-order chi connectivity index (χ0) is 28.0. The number of benzene rings is 2. The largest absolute Gasteiger partial charge is 0.418 e. The van der Waals surface area contributed by atoms with Gasteiger partial charge in [-0.05, 0) is 72.5 Å². The first-order valence-electron chi connectivity index (χ1n) is 13.0. The third-order valence-corrected chi connectivity index (χ3v) is 6.67. The average Bonchev–Trinajstić information content (AvgIpc) is 3.43. The van der Waals surface area contributed by atoms with E-state index in [1.807, 2.05) is 36.4 Å². The van der Waals surface area contributed by atoms with Gasteiger partial charge in [-0.1, -0.05) is 24.3 Å². The zero-order valence-electron chi connectivity index (χ0n) is 21.7. The minimum atomic E-state index is -4.54. The smallest absolute Gasteiger partial charge is 0.368 e. The number of carbonyl (C=O) groups excluding carboxylic acids is 1. The minimum absolute atomic E-state index is 0.103. The summed E-state index contributed by atoms with van der Waals surface area (Å²) in [6, 6.07) is 16.9. The van der Waals surface area contributed by atoms with Crippen molar-refractivity contribution in [1.29, 1.82) is 0 Å². The number of anilines is 2. The number of H-pyrrole nitrogens is 1. The maximum Gasteiger partial charge on any atom is 0.418 e. The molecule has 0 radical (unpaired) electrons. The molecule has 2 aromatic carbocycles. The molecule has 1 aliphatic rings. The van der Waals surface area contributed by atoms with E-state index in [1.54, 1.807) is 35.5 Å². The molecule has 10 heteroatoms. The Hall–Kier alpha value is -4.44. The molecule has 3 heterocycles. The van der Waals surface area contributed by atoms with Crippen molar-refractivity contribution < 1.29 is 18.0 Å². The summed E-state index contributed by atoms with van der Waals surface area (Å²) in [6.07, 6.45) is 4.13. The van der Waals surface area contributed by atoms with E-state index in [0.29, 0.717) is 44.6 Å². The van der Waals surface area contributed by atoms with Gasteiger partial charge < -0.3 is 15.5 Å². The molecule has 0 unspecified atom stereocenters. The van der Waals surface area contributed by atoms with Crippen LogP contribution in [0.25, 0.3) is 12.2 Å². The van der Waals surface area contributed by atoms with Crippen molar-refractivity contribution in [3.05, 3.63) is 107 Å². The molecule has 0 bridgehead atoms. The number of nitrogens with zero attached hydrogens (tertiary/aromatic N) is 3. The van der Waals surface area contributed by atoms with E-state index >= 15 is 0 Å². The summed E-state index contributed by atoms with van der Waals surface area (Å²) >= 11 is 0. The van der Waals surface area contributed by atoms with Crippen LogP contribution in [0.1, 0.15) is 38.4 Å². The van der Waals surface area contributed by atoms with Crippen molar-refractivity contribution in [2.24, 2.45) is 0 Å². The van der Waals surface area contributed by atoms with E-state index in [2.05, 4.69) is 25.8 Å². The highest BCUT2D eigenvalue weighted by Crippen LogP contribution is 2.38. The molecule has 1 aliphatic heterocycles. The fourth-order valence-electron chi connectivity index (χ4n) is 4.62. The number of rotatable bonds is 8. The monoisotopic (exact) mass is 546 g/mol. The number of alkyl halides is 3. The maximum absolute atomic E-state index is 13.9. The third kappa shape index (κ3) is 6.95. The Balaban J connectivity index is 1.22. The van der Waals surface area contributed by atoms with Gasteiger partial charge in [0.1, 0.15) is 0 Å². The topological polar surface area (TPSA) is 85.9 Å². The Morgan fingerprint density at radius 3 is 2.62 bits per heavy atom. The lowest BCUT2D eigenvalue weighted by atomic mass is 10.0. The molecule has 0 atom stereocenters. The van der Waals surface area contributed by atoms with Gasteiger partial charge >= 0.3 is 6.18 Å². The van der Waals surface area contributed by atoms with Crippen molar-refractivity contribution >= 4 is 29.4 Å². The quantitative estimate of drug-likeness (QED) is 0.274. The van der Waals surface area contributed by atoms with E-state index < -0.39 is 17.6 Å². The SMILES string of the molecule is O=C(Nc1ccc(N2CCNCC2)c(C(F)(F)F)c1)c1cccc(CCc2cc(C=Cc3cccnc3)n[nH]2)c1. The van der Waals surface area contributed by atoms with Gasteiger partial charge in [0.15, 0.2) is 0 Å². The number of carbonyl (C=O) groups is 1. The summed E-state index contributed by atoms with van der Waals surface area (Å²) in [5.74, 6) is -0.464. The highest BCUT2D eigenvalue weighted by molar-refractivity contribution is 6.04. The number of pyridine rings is 1. The molecular weight excluding hydrogens is 517 g/mol. The fraction of sp³-hybridized carbons (Fsp3) is 0.233. The molecule has 2 aromatic heterocycles. The number of piperazine rings is 1. The number of amides is 1. The second-order valence-corrected chi connectivity index (χ2v) is 9.56. The van der Waals surface area contributed by atoms with Gasteiger partial charge in [-0.25, -0.2) is 0 Å². The summed E-state index contributed by atoms with van der Waals surface area (Å²) in [5.41, 5.74) is 3.51. The minimum Gasteiger partial charge on any atom is -0.368 e. The molecule has 0 aliphatic carbocycles. The predicted octanol–water partition coefficient (Wildman–Crippen LogP) is 5.44. The number of nitrogens with one attached hydrogen (secondary N) is 3. The molecular formula is C30H29F3N6O. The third-order valence-electron chi connectivity index (χ3n) is 6.67. The van der Waals surface area contributed by atoms with Crippen molar-refractivity contribution in [2.45, 2.75) is 19.0 Å². The van der Waals surface area contributed by atoms with Crippen molar-refractivity contribution in [3.63, 3.8) is 0 Å². The number of aromatic amines is 1. The van der Waals surface area contributed by atoms with Crippen LogP contribution < -0.4 is 15.5 Å². The van der Waals surface area contributed by atoms with E-state index in [9.17, 15) is 18.0 Å². The summed E-state index contributed by atoms with van der Waals surface area (Å²) in [6.45, 7) is 2.22. The first-order valence-corrected chi connectivity index (χ1v) is 13.0. The van der Waals surface area contributed by atoms with E-state index in [0.717, 1.165) is 28.6 Å². The number of aryl methyl sites for hydroxylation is 2. The van der Waals surface area contributed by atoms with E-state index in [-0.39, 0.29) is 11.4 Å². The van der Waals surface area contributed by atoms with Crippen molar-refractivity contribution in [1.82, 2.24) is 20.5 Å². The standard InChI is InChI=1S/C30H29F3N6O/c31-30(32,33)27-19-24(10-11-28(27)39-15-13-34-14-16-39)36-29(40)23-5-1-3-21(17-23)6-8-25-18-26(38-37-25)9-7-22-4-2-12-35-20-22/h1-5,7,9-12,17-20,34H,6,8,13-16H2,(H,36,40)(H,37,38). The van der Waals surface area contributed by atoms with Crippen LogP contribution in [-0.4, -0.2) is 47.3 Å². The van der Waals surface area contributed by atoms with Crippen molar-refractivity contribution in [2.75, 3.05) is 36.4 Å². The molecule has 1 fully saturated rings. The second-order valence-electron chi connectivity index (χ2n) is 9.56. The number of aromatic nitrogens is 3. The highest BCUT2D eigenvalue weighted by atomic mass is 19.4. The van der Waals surface area contributed by atoms with Crippen LogP contribution in [0, 0.1) is 0 Å². The van der Waals surface area contributed by atoms with Crippen LogP contribution in [-0.2, 0) is 19.0 Å². The second kappa shape index (κ2) is 12.2. The lowest BCUT2D eigenvalue weighted by Gasteiger charge is -2.31. The van der Waals surface area contributed by atoms with E-state index in [4.69, 9.17) is 0 Å². The molecule has 5 rings (SSSR count). The summed E-state index contributed by atoms with van der Waals surface area (Å²) in [5, 5.41) is 13.1. The van der Waals surface area contributed by atoms with Crippen LogP contribution in [0.15, 0.2) is 73.1 Å². The Kier molecular flexibility index (Phi) is 8.26. The molecule has 206 valence electrons. The van der Waals surface area contributed by atoms with Gasteiger partial charge in [0.05, 0.1) is 11.3 Å². The number of hydrogen-bond acceptors (Lipinski definition) is 5. The summed E-state index contributed by atoms with van der Waals surface area (Å²) in [7, 11) is 0. The Morgan fingerprint density at radius 2 is 1.85 bits per heavy atom. The molecule has 0 saturated carbocycles. The molecule has 3 N–H and O–H groups in total. The average molecular weight is 547 g/mol. The van der Waals surface area contributed by atoms with Crippen LogP contribution in [0.5, 0.6) is 0 Å². The lowest BCUT2D eigenvalue weighted by molar-refractivity contribution is -0.137. The molecule has 40 heavy (non-hydrogen) atoms. The number of halogens is 3. The van der Waals surface area contributed by atoms with E-state index in [1.165, 1.54) is 12.1 Å². The molecule has 4 aromatic rings. The van der Waals surface area contributed by atoms with Crippen molar-refractivity contribution in [3.8, 4) is 0 Å². The van der Waals surface area contributed by atoms with Gasteiger partial charge in [-0.3, -0.25) is 14.9 Å². The highest BCUT2D eigenvalue weighted by Gasteiger charge is 2.35. The lowest BCUT2D eigenvalue weighted by Crippen LogP contribution is -2.44. The Labute approximate surface area is 230 Å². The molecule has 1 amide bonds. The Morgan fingerprint density at radius 1 is 1.00 bits per heavy atom. The summed E-state index contributed by atoms with van der Waals surface area (Å²) in [4.78, 5) is 18.7. The fourth-order valence-corrected chi connectivity index (χ4v) is 4.62. The van der Waals surface area contributed by atoms with Gasteiger partial charge in [0.25, 0.3) is 5.91 Å². The van der Waals surface area contributed by atoms with Crippen LogP contribution in [0.3, 0.4) is 0 Å². The van der Waals surface area contributed by atoms with Crippen LogP contribution in [0.4, 0.5) is 24.5 Å².